The average molecular weight is 1210 g/mol. The van der Waals surface area contributed by atoms with Crippen molar-refractivity contribution in [3.05, 3.63) is 154 Å². The molecule has 2 fully saturated rings. The monoisotopic (exact) mass is 1210 g/mol. The first-order chi connectivity index (χ1) is 41.2. The molecule has 1 aromatic heterocycles. The van der Waals surface area contributed by atoms with Crippen molar-refractivity contribution in [3.8, 4) is 11.5 Å². The van der Waals surface area contributed by atoms with Crippen molar-refractivity contribution in [1.82, 2.24) is 19.5 Å². The molecule has 1 unspecified atom stereocenters. The normalized spacial score (nSPS) is 21.1. The molecule has 0 saturated carbocycles. The zero-order valence-corrected chi connectivity index (χ0v) is 50.7. The Balaban J connectivity index is 1.16. The van der Waals surface area contributed by atoms with Crippen LogP contribution in [0.2, 0.25) is 0 Å². The molecule has 464 valence electrons. The molecule has 9 atom stereocenters. The van der Waals surface area contributed by atoms with E-state index in [1.807, 2.05) is 107 Å². The minimum absolute atomic E-state index is 0.0114. The molecule has 0 aliphatic carbocycles. The minimum atomic E-state index is -4.39. The number of ether oxygens (including phenoxy) is 10. The van der Waals surface area contributed by atoms with Crippen LogP contribution in [0.4, 0.5) is 5.82 Å². The number of hydrogen-bond acceptors (Lipinski definition) is 20. The fourth-order valence-electron chi connectivity index (χ4n) is 10.3. The molecule has 2 N–H and O–H groups in total. The number of carbonyl (C=O) groups is 5. The molecule has 2 amide bonds. The summed E-state index contributed by atoms with van der Waals surface area (Å²) in [5, 5.41) is 5.33. The van der Waals surface area contributed by atoms with Crippen molar-refractivity contribution >= 4 is 43.3 Å². The number of methoxy groups -OCH3 is 2. The summed E-state index contributed by atoms with van der Waals surface area (Å²) in [6, 6.07) is 32.5. The van der Waals surface area contributed by atoms with E-state index in [1.165, 1.54) is 30.7 Å². The van der Waals surface area contributed by atoms with Crippen LogP contribution in [0.3, 0.4) is 0 Å². The van der Waals surface area contributed by atoms with Crippen LogP contribution in [0.5, 0.6) is 11.5 Å². The van der Waals surface area contributed by atoms with E-state index in [0.717, 1.165) is 30.5 Å². The van der Waals surface area contributed by atoms with Crippen molar-refractivity contribution in [2.24, 2.45) is 0 Å². The number of amides is 2. The lowest BCUT2D eigenvalue weighted by molar-refractivity contribution is -0.279. The average Bonchev–Trinajstić information content (AvgIpc) is 1.14. The van der Waals surface area contributed by atoms with Crippen LogP contribution in [0.25, 0.3) is 0 Å². The van der Waals surface area contributed by atoms with Gasteiger partial charge in [-0.2, -0.15) is 4.98 Å². The molecule has 25 heteroatoms. The Morgan fingerprint density at radius 1 is 0.698 bits per heavy atom. The molecule has 0 radical (unpaired) electrons. The zero-order valence-electron chi connectivity index (χ0n) is 49.8. The molecule has 5 aromatic rings. The van der Waals surface area contributed by atoms with Crippen LogP contribution in [0, 0.1) is 0 Å². The number of rotatable bonds is 29. The highest BCUT2D eigenvalue weighted by atomic mass is 31.2. The Morgan fingerprint density at radius 3 is 1.81 bits per heavy atom. The van der Waals surface area contributed by atoms with Crippen molar-refractivity contribution in [2.45, 2.75) is 129 Å². The molecule has 0 spiro atoms. The van der Waals surface area contributed by atoms with E-state index in [0.29, 0.717) is 17.1 Å². The van der Waals surface area contributed by atoms with Gasteiger partial charge in [0.25, 0.3) is 5.91 Å². The third kappa shape index (κ3) is 17.0. The van der Waals surface area contributed by atoms with E-state index in [-0.39, 0.29) is 45.3 Å². The number of nitrogens with one attached hydrogen (secondary N) is 2. The molecule has 4 aromatic carbocycles. The summed E-state index contributed by atoms with van der Waals surface area (Å²) in [6.45, 7) is 10.7. The van der Waals surface area contributed by atoms with Crippen molar-refractivity contribution in [3.63, 3.8) is 0 Å². The number of hydrogen-bond donors (Lipinski definition) is 2. The molecule has 2 saturated heterocycles. The maximum absolute atomic E-state index is 15.8. The summed E-state index contributed by atoms with van der Waals surface area (Å²) in [5.41, 5.74) is 0.486. The third-order valence-electron chi connectivity index (χ3n) is 13.9. The fourth-order valence-corrected chi connectivity index (χ4v) is 12.7. The van der Waals surface area contributed by atoms with E-state index < -0.39 is 117 Å². The molecular weight excluding hydrogens is 1140 g/mol. The minimum Gasteiger partial charge on any atom is -0.497 e. The zero-order chi connectivity index (χ0) is 62.1. The van der Waals surface area contributed by atoms with Crippen molar-refractivity contribution in [1.29, 1.82) is 0 Å². The predicted octanol–water partition coefficient (Wildman–Crippen LogP) is 7.13. The second kappa shape index (κ2) is 30.8. The maximum atomic E-state index is 15.8. The molecule has 3 heterocycles. The summed E-state index contributed by atoms with van der Waals surface area (Å²) in [5.74, 6) is -1.95. The topological polar surface area (TPSA) is 275 Å². The van der Waals surface area contributed by atoms with Crippen LogP contribution >= 0.6 is 7.75 Å². The Bertz CT molecular complexity index is 3100. The largest absolute Gasteiger partial charge is 0.497 e. The quantitative estimate of drug-likeness (QED) is 0.0158. The van der Waals surface area contributed by atoms with Gasteiger partial charge in [-0.05, 0) is 86.8 Å². The number of anilines is 1. The van der Waals surface area contributed by atoms with E-state index in [4.69, 9.17) is 56.4 Å². The first kappa shape index (κ1) is 66.2. The Hall–Kier alpha value is -7.38. The summed E-state index contributed by atoms with van der Waals surface area (Å²) in [7, 11) is -1.23. The summed E-state index contributed by atoms with van der Waals surface area (Å²) in [6.07, 6.45) is -6.95. The second-order valence-corrected chi connectivity index (χ2v) is 22.6. The van der Waals surface area contributed by atoms with Gasteiger partial charge < -0.3 is 58.0 Å². The number of carbonyl (C=O) groups excluding carboxylic acids is 5. The lowest BCUT2D eigenvalue weighted by atomic mass is 9.80. The van der Waals surface area contributed by atoms with Gasteiger partial charge in [0.15, 0.2) is 18.5 Å². The summed E-state index contributed by atoms with van der Waals surface area (Å²) < 4.78 is 91.4. The first-order valence-corrected chi connectivity index (χ1v) is 29.6. The lowest BCUT2D eigenvalue weighted by Crippen LogP contribution is -2.66. The van der Waals surface area contributed by atoms with Gasteiger partial charge in [0.1, 0.15) is 60.1 Å². The van der Waals surface area contributed by atoms with Crippen molar-refractivity contribution in [2.75, 3.05) is 59.2 Å². The van der Waals surface area contributed by atoms with Gasteiger partial charge in [0.05, 0.1) is 47.3 Å². The predicted molar refractivity (Wildman–Crippen MR) is 311 cm³/mol. The molecule has 2 aliphatic rings. The number of nitrogens with zero attached hydrogens (tertiary/aromatic N) is 3. The van der Waals surface area contributed by atoms with Crippen LogP contribution in [0.15, 0.2) is 126 Å². The molecule has 0 bridgehead atoms. The maximum Gasteiger partial charge on any atom is 0.409 e. The van der Waals surface area contributed by atoms with Crippen LogP contribution < -0.4 is 25.8 Å². The second-order valence-electron chi connectivity index (χ2n) is 20.7. The third-order valence-corrected chi connectivity index (χ3v) is 16.4. The Kier molecular flexibility index (Phi) is 23.7. The van der Waals surface area contributed by atoms with E-state index in [9.17, 15) is 28.8 Å². The van der Waals surface area contributed by atoms with Gasteiger partial charge >= 0.3 is 31.3 Å². The molecule has 2 aliphatic heterocycles. The number of aromatic nitrogens is 2. The molecule has 7 rings (SSSR count). The molecule has 86 heavy (non-hydrogen) atoms. The fraction of sp³-hybridized carbons (Fsp3) is 0.459. The Morgan fingerprint density at radius 2 is 1.27 bits per heavy atom. The highest BCUT2D eigenvalue weighted by Crippen LogP contribution is 2.57. The highest BCUT2D eigenvalue weighted by Gasteiger charge is 2.52. The van der Waals surface area contributed by atoms with Crippen LogP contribution in [0.1, 0.15) is 95.1 Å². The van der Waals surface area contributed by atoms with E-state index in [1.54, 1.807) is 49.2 Å². The summed E-state index contributed by atoms with van der Waals surface area (Å²) in [4.78, 5) is 80.2. The van der Waals surface area contributed by atoms with Gasteiger partial charge in [0, 0.05) is 58.0 Å². The number of esters is 3. The van der Waals surface area contributed by atoms with Gasteiger partial charge in [0.2, 0.25) is 5.91 Å². The SMILES string of the molecule is COc1ccc(C(OC[C@H]2O[C@@H](n3ccc(NC(=O)c4ccccc4)nc3=O)C[C@@H]2OP(=O)(OCCOCCO[C@@H]2O[C@H](COC(C)=O)[C@H](OC(C)=O)[C@H](OC(C)=O)[C@H]2NC(C)=O)N(C(C)C)C(C)C)(c2ccccc2)c2ccc(OC)cc2)cc1. The van der Waals surface area contributed by atoms with Crippen LogP contribution in [-0.4, -0.2) is 153 Å². The van der Waals surface area contributed by atoms with Crippen molar-refractivity contribution < 1.29 is 85.0 Å². The van der Waals surface area contributed by atoms with E-state index >= 15 is 4.57 Å². The van der Waals surface area contributed by atoms with Gasteiger partial charge in [-0.3, -0.25) is 37.6 Å². The van der Waals surface area contributed by atoms with Gasteiger partial charge in [-0.15, -0.1) is 0 Å². The first-order valence-electron chi connectivity index (χ1n) is 28.1. The van der Waals surface area contributed by atoms with E-state index in [2.05, 4.69) is 15.6 Å². The molecule has 24 nitrogen and oxygen atoms in total. The summed E-state index contributed by atoms with van der Waals surface area (Å²) >= 11 is 0. The lowest BCUT2D eigenvalue weighted by Gasteiger charge is -2.44. The van der Waals surface area contributed by atoms with Gasteiger partial charge in [-0.25, -0.2) is 14.0 Å². The van der Waals surface area contributed by atoms with Gasteiger partial charge in [-0.1, -0.05) is 72.8 Å². The highest BCUT2D eigenvalue weighted by molar-refractivity contribution is 7.51. The standard InChI is InChI=1S/C61H76N5O19P/c1-38(2)66(39(3)4)86(73,80-34-32-76-31-33-77-59-55(62-40(5)67)57(82-43(8)70)56(81-42(7)69)52(84-59)36-78-41(6)68)85-50-35-54(65-30-29-53(64-60(65)72)63-58(71)44-17-13-11-14-18-44)83-51(50)37-79-61(45-19-15-12-16-20-45,46-21-25-48(74-9)26-22-46)47-23-27-49(75-10)28-24-47/h11-30,38-39,50-52,54-57,59H,31-37H2,1-10H3,(H,62,67)(H,63,64,71,72)/t50-,51+,52+,54+,55+,56-,57+,59+,86?/m0/s1. The molecular formula is C61H76N5O19P. The smallest absolute Gasteiger partial charge is 0.409 e. The van der Waals surface area contributed by atoms with Crippen LogP contribution in [-0.2, 0) is 76.3 Å². The number of benzene rings is 4. The Labute approximate surface area is 499 Å².